The van der Waals surface area contributed by atoms with Gasteiger partial charge in [0.2, 0.25) is 0 Å². The number of thiazole rings is 1. The number of aromatic nitrogens is 2. The maximum absolute atomic E-state index is 11.6. The Kier molecular flexibility index (Phi) is 2.78. The van der Waals surface area contributed by atoms with Crippen molar-refractivity contribution in [3.05, 3.63) is 34.6 Å². The van der Waals surface area contributed by atoms with E-state index in [1.165, 1.54) is 0 Å². The largest absolute Gasteiger partial charge is 0.355 e. The lowest BCUT2D eigenvalue weighted by Crippen LogP contribution is -2.18. The van der Waals surface area contributed by atoms with Crippen LogP contribution in [0.4, 0.5) is 0 Å². The second-order valence-corrected chi connectivity index (χ2v) is 4.39. The maximum Gasteiger partial charge on any atom is 0.252 e. The number of nitrogens with zero attached hydrogens (tertiary/aromatic N) is 2. The lowest BCUT2D eigenvalue weighted by molar-refractivity contribution is 0.0962. The molecule has 1 N–H and O–H groups in total. The third-order valence-corrected chi connectivity index (χ3v) is 3.27. The van der Waals surface area contributed by atoms with Crippen molar-refractivity contribution in [2.24, 2.45) is 0 Å². The lowest BCUT2D eigenvalue weighted by Gasteiger charge is -2.04. The number of rotatable bonds is 2. The molecule has 0 aliphatic carbocycles. The first kappa shape index (κ1) is 10.9. The van der Waals surface area contributed by atoms with Gasteiger partial charge in [0.1, 0.15) is 0 Å². The molecule has 0 fully saturated rings. The van der Waals surface area contributed by atoms with Gasteiger partial charge in [0, 0.05) is 30.0 Å². The van der Waals surface area contributed by atoms with E-state index >= 15 is 0 Å². The van der Waals surface area contributed by atoms with E-state index in [0.29, 0.717) is 5.56 Å². The van der Waals surface area contributed by atoms with Crippen molar-refractivity contribution < 1.29 is 4.79 Å². The molecule has 0 saturated heterocycles. The predicted molar refractivity (Wildman–Crippen MR) is 64.3 cm³/mol. The monoisotopic (exact) mass is 235 g/mol. The van der Waals surface area contributed by atoms with E-state index in [2.05, 4.69) is 10.3 Å². The zero-order valence-electron chi connectivity index (χ0n) is 9.44. The minimum absolute atomic E-state index is 0.0593. The van der Waals surface area contributed by atoms with E-state index in [1.54, 1.807) is 24.6 Å². The molecule has 0 aliphatic heterocycles. The molecule has 0 saturated carbocycles. The Labute approximate surface area is 97.9 Å². The Morgan fingerprint density at radius 1 is 1.50 bits per heavy atom. The van der Waals surface area contributed by atoms with Gasteiger partial charge in [-0.2, -0.15) is 0 Å². The topological polar surface area (TPSA) is 46.9 Å². The molecule has 0 spiro atoms. The van der Waals surface area contributed by atoms with E-state index in [0.717, 1.165) is 16.5 Å². The van der Waals surface area contributed by atoms with Crippen LogP contribution in [0.15, 0.2) is 17.6 Å². The molecule has 2 aromatic rings. The first-order valence-corrected chi connectivity index (χ1v) is 5.84. The summed E-state index contributed by atoms with van der Waals surface area (Å²) in [7, 11) is 1.64. The van der Waals surface area contributed by atoms with Gasteiger partial charge in [-0.15, -0.1) is 11.3 Å². The summed E-state index contributed by atoms with van der Waals surface area (Å²) in [5.41, 5.74) is 2.65. The molecule has 0 unspecified atom stereocenters. The van der Waals surface area contributed by atoms with Crippen LogP contribution in [-0.2, 0) is 0 Å². The van der Waals surface area contributed by atoms with Crippen molar-refractivity contribution in [2.45, 2.75) is 13.8 Å². The highest BCUT2D eigenvalue weighted by molar-refractivity contribution is 7.12. The number of amides is 1. The SMILES string of the molecule is CNC(=O)c1cc(C)n(-c2nccs2)c1C. The van der Waals surface area contributed by atoms with Crippen LogP contribution in [0.3, 0.4) is 0 Å². The second kappa shape index (κ2) is 4.09. The van der Waals surface area contributed by atoms with Crippen LogP contribution in [-0.4, -0.2) is 22.5 Å². The van der Waals surface area contributed by atoms with Gasteiger partial charge in [-0.3, -0.25) is 9.36 Å². The van der Waals surface area contributed by atoms with Crippen LogP contribution in [0.1, 0.15) is 21.7 Å². The van der Waals surface area contributed by atoms with Crippen molar-refractivity contribution in [3.63, 3.8) is 0 Å². The number of hydrogen-bond donors (Lipinski definition) is 1. The van der Waals surface area contributed by atoms with Crippen LogP contribution in [0.2, 0.25) is 0 Å². The molecule has 2 rings (SSSR count). The first-order valence-electron chi connectivity index (χ1n) is 4.96. The highest BCUT2D eigenvalue weighted by Gasteiger charge is 2.16. The average molecular weight is 235 g/mol. The molecule has 2 heterocycles. The molecule has 2 aromatic heterocycles. The first-order chi connectivity index (χ1) is 7.65. The number of hydrogen-bond acceptors (Lipinski definition) is 3. The van der Waals surface area contributed by atoms with E-state index in [9.17, 15) is 4.79 Å². The van der Waals surface area contributed by atoms with Crippen molar-refractivity contribution in [1.29, 1.82) is 0 Å². The summed E-state index contributed by atoms with van der Waals surface area (Å²) in [6.45, 7) is 3.90. The molecule has 0 atom stereocenters. The molecule has 0 aromatic carbocycles. The number of aryl methyl sites for hydroxylation is 1. The zero-order valence-corrected chi connectivity index (χ0v) is 10.3. The standard InChI is InChI=1S/C11H13N3OS/c1-7-6-9(10(15)12-3)8(2)14(7)11-13-4-5-16-11/h4-6H,1-3H3,(H,12,15). The van der Waals surface area contributed by atoms with Gasteiger partial charge < -0.3 is 5.32 Å². The molecule has 0 aliphatic rings. The minimum atomic E-state index is -0.0593. The normalized spacial score (nSPS) is 10.4. The van der Waals surface area contributed by atoms with Crippen molar-refractivity contribution in [3.8, 4) is 5.13 Å². The van der Waals surface area contributed by atoms with Crippen LogP contribution in [0.5, 0.6) is 0 Å². The van der Waals surface area contributed by atoms with Crippen LogP contribution < -0.4 is 5.32 Å². The summed E-state index contributed by atoms with van der Waals surface area (Å²) in [6.07, 6.45) is 1.76. The molecule has 16 heavy (non-hydrogen) atoms. The molecule has 5 heteroatoms. The molecule has 4 nitrogen and oxygen atoms in total. The second-order valence-electron chi connectivity index (χ2n) is 3.51. The van der Waals surface area contributed by atoms with Gasteiger partial charge in [-0.1, -0.05) is 0 Å². The fraction of sp³-hybridized carbons (Fsp3) is 0.273. The van der Waals surface area contributed by atoms with Gasteiger partial charge in [0.15, 0.2) is 5.13 Å². The third kappa shape index (κ3) is 1.63. The number of nitrogens with one attached hydrogen (secondary N) is 1. The summed E-state index contributed by atoms with van der Waals surface area (Å²) in [5.74, 6) is -0.0593. The van der Waals surface area contributed by atoms with Crippen LogP contribution in [0, 0.1) is 13.8 Å². The Morgan fingerprint density at radius 3 is 2.81 bits per heavy atom. The quantitative estimate of drug-likeness (QED) is 0.864. The summed E-state index contributed by atoms with van der Waals surface area (Å²) in [5, 5.41) is 5.46. The molecule has 1 amide bonds. The van der Waals surface area contributed by atoms with E-state index in [-0.39, 0.29) is 5.91 Å². The zero-order chi connectivity index (χ0) is 11.7. The van der Waals surface area contributed by atoms with Crippen molar-refractivity contribution >= 4 is 17.2 Å². The highest BCUT2D eigenvalue weighted by Crippen LogP contribution is 2.21. The van der Waals surface area contributed by atoms with E-state index in [4.69, 9.17) is 0 Å². The van der Waals surface area contributed by atoms with Gasteiger partial charge >= 0.3 is 0 Å². The smallest absolute Gasteiger partial charge is 0.252 e. The fourth-order valence-corrected chi connectivity index (χ4v) is 2.50. The van der Waals surface area contributed by atoms with Gasteiger partial charge in [-0.25, -0.2) is 4.98 Å². The van der Waals surface area contributed by atoms with E-state index in [1.807, 2.05) is 29.9 Å². The van der Waals surface area contributed by atoms with Gasteiger partial charge in [0.25, 0.3) is 5.91 Å². The van der Waals surface area contributed by atoms with Crippen LogP contribution in [0.25, 0.3) is 5.13 Å². The van der Waals surface area contributed by atoms with Crippen LogP contribution >= 0.6 is 11.3 Å². The maximum atomic E-state index is 11.6. The number of carbonyl (C=O) groups excluding carboxylic acids is 1. The molecule has 84 valence electrons. The molecule has 0 bridgehead atoms. The van der Waals surface area contributed by atoms with Crippen molar-refractivity contribution in [1.82, 2.24) is 14.9 Å². The summed E-state index contributed by atoms with van der Waals surface area (Å²) < 4.78 is 2.00. The molecular weight excluding hydrogens is 222 g/mol. The lowest BCUT2D eigenvalue weighted by atomic mass is 10.2. The Bertz CT molecular complexity index is 514. The Morgan fingerprint density at radius 2 is 2.25 bits per heavy atom. The Balaban J connectivity index is 2.56. The molecular formula is C11H13N3OS. The van der Waals surface area contributed by atoms with Gasteiger partial charge in [-0.05, 0) is 19.9 Å². The number of carbonyl (C=O) groups is 1. The third-order valence-electron chi connectivity index (χ3n) is 2.51. The molecule has 0 radical (unpaired) electrons. The Hall–Kier alpha value is -1.62. The van der Waals surface area contributed by atoms with Gasteiger partial charge in [0.05, 0.1) is 5.56 Å². The fourth-order valence-electron chi connectivity index (χ4n) is 1.75. The average Bonchev–Trinajstić information content (AvgIpc) is 2.86. The predicted octanol–water partition coefficient (Wildman–Crippen LogP) is 1.91. The summed E-state index contributed by atoms with van der Waals surface area (Å²) >= 11 is 1.56. The van der Waals surface area contributed by atoms with Crippen molar-refractivity contribution in [2.75, 3.05) is 7.05 Å². The summed E-state index contributed by atoms with van der Waals surface area (Å²) in [6, 6.07) is 1.88. The minimum Gasteiger partial charge on any atom is -0.355 e. The summed E-state index contributed by atoms with van der Waals surface area (Å²) in [4.78, 5) is 15.9. The highest BCUT2D eigenvalue weighted by atomic mass is 32.1. The van der Waals surface area contributed by atoms with E-state index < -0.39 is 0 Å².